The fourth-order valence-corrected chi connectivity index (χ4v) is 6.57. The molecule has 1 aliphatic carbocycles. The van der Waals surface area contributed by atoms with Crippen molar-refractivity contribution in [1.82, 2.24) is 0 Å². The third-order valence-electron chi connectivity index (χ3n) is 7.04. The van der Waals surface area contributed by atoms with Gasteiger partial charge in [-0.1, -0.05) is 74.5 Å². The van der Waals surface area contributed by atoms with Crippen molar-refractivity contribution in [1.29, 1.82) is 0 Å². The number of ether oxygens (including phenoxy) is 1. The molecule has 2 aliphatic rings. The highest BCUT2D eigenvalue weighted by Crippen LogP contribution is 2.52. The maximum Gasteiger partial charge on any atom is 0.241 e. The van der Waals surface area contributed by atoms with Crippen molar-refractivity contribution in [3.05, 3.63) is 83.6 Å². The Kier molecular flexibility index (Phi) is 7.26. The van der Waals surface area contributed by atoms with Crippen LogP contribution >= 0.6 is 0 Å². The highest BCUT2D eigenvalue weighted by atomic mass is 28.4. The molecule has 1 aliphatic heterocycles. The molecule has 0 N–H and O–H groups in total. The Morgan fingerprint density at radius 1 is 0.812 bits per heavy atom. The van der Waals surface area contributed by atoms with E-state index in [1.165, 1.54) is 16.9 Å². The second kappa shape index (κ2) is 9.97. The van der Waals surface area contributed by atoms with E-state index >= 15 is 0 Å². The molecular formula is C29H40O2Si. The Balaban J connectivity index is 1.55. The molecule has 1 fully saturated rings. The Morgan fingerprint density at radius 2 is 1.34 bits per heavy atom. The lowest BCUT2D eigenvalue weighted by molar-refractivity contribution is 0.0132. The summed E-state index contributed by atoms with van der Waals surface area (Å²) in [4.78, 5) is 0. The maximum absolute atomic E-state index is 6.89. The van der Waals surface area contributed by atoms with Gasteiger partial charge in [0.1, 0.15) is 0 Å². The van der Waals surface area contributed by atoms with Gasteiger partial charge in [0.2, 0.25) is 8.32 Å². The average Bonchev–Trinajstić information content (AvgIpc) is 3.30. The predicted octanol–water partition coefficient (Wildman–Crippen LogP) is 7.27. The first-order chi connectivity index (χ1) is 15.3. The highest BCUT2D eigenvalue weighted by molar-refractivity contribution is 6.70. The lowest BCUT2D eigenvalue weighted by Crippen LogP contribution is -2.31. The van der Waals surface area contributed by atoms with E-state index < -0.39 is 8.32 Å². The van der Waals surface area contributed by atoms with E-state index in [4.69, 9.17) is 9.16 Å². The van der Waals surface area contributed by atoms with Gasteiger partial charge in [0.05, 0.1) is 18.0 Å². The van der Waals surface area contributed by atoms with Gasteiger partial charge in [-0.05, 0) is 74.4 Å². The van der Waals surface area contributed by atoms with Crippen molar-refractivity contribution in [3.8, 4) is 0 Å². The van der Waals surface area contributed by atoms with Crippen LogP contribution in [0.5, 0.6) is 0 Å². The third kappa shape index (κ3) is 5.55. The predicted molar refractivity (Wildman–Crippen MR) is 136 cm³/mol. The van der Waals surface area contributed by atoms with E-state index in [0.717, 1.165) is 25.7 Å². The molecule has 3 heteroatoms. The molecule has 0 unspecified atom stereocenters. The highest BCUT2D eigenvalue weighted by Gasteiger charge is 2.53. The van der Waals surface area contributed by atoms with Gasteiger partial charge >= 0.3 is 0 Å². The number of benzene rings is 2. The normalized spacial score (nSPS) is 27.4. The molecule has 0 aromatic heterocycles. The van der Waals surface area contributed by atoms with E-state index in [-0.39, 0.29) is 6.10 Å². The molecule has 0 spiro atoms. The summed E-state index contributed by atoms with van der Waals surface area (Å²) in [5.74, 6) is 3.31. The minimum absolute atomic E-state index is 0.243. The lowest BCUT2D eigenvalue weighted by atomic mass is 9.76. The first kappa shape index (κ1) is 23.3. The minimum Gasteiger partial charge on any atom is -0.547 e. The van der Waals surface area contributed by atoms with Crippen molar-refractivity contribution in [3.63, 3.8) is 0 Å². The first-order valence-electron chi connectivity index (χ1n) is 12.5. The largest absolute Gasteiger partial charge is 0.547 e. The molecular weight excluding hydrogens is 408 g/mol. The summed E-state index contributed by atoms with van der Waals surface area (Å²) >= 11 is 0. The zero-order chi connectivity index (χ0) is 22.7. The molecule has 2 aromatic rings. The molecule has 4 rings (SSSR count). The van der Waals surface area contributed by atoms with Crippen molar-refractivity contribution in [2.75, 3.05) is 0 Å². The maximum atomic E-state index is 6.89. The first-order valence-corrected chi connectivity index (χ1v) is 15.9. The summed E-state index contributed by atoms with van der Waals surface area (Å²) in [7, 11) is -1.68. The van der Waals surface area contributed by atoms with Gasteiger partial charge in [-0.2, -0.15) is 0 Å². The third-order valence-corrected chi connectivity index (χ3v) is 7.89. The number of fused-ring (bicyclic) bond motifs is 1. The van der Waals surface area contributed by atoms with Gasteiger partial charge in [-0.25, -0.2) is 0 Å². The fourth-order valence-electron chi connectivity index (χ4n) is 5.66. The number of rotatable bonds is 9. The van der Waals surface area contributed by atoms with Gasteiger partial charge < -0.3 is 9.16 Å². The smallest absolute Gasteiger partial charge is 0.241 e. The molecule has 1 heterocycles. The number of aryl methyl sites for hydroxylation is 2. The number of allylic oxidation sites excluding steroid dienone is 1. The van der Waals surface area contributed by atoms with Gasteiger partial charge in [0, 0.05) is 11.8 Å². The average molecular weight is 449 g/mol. The Morgan fingerprint density at radius 3 is 1.84 bits per heavy atom. The molecule has 2 aromatic carbocycles. The van der Waals surface area contributed by atoms with Crippen LogP contribution in [0, 0.1) is 23.7 Å². The summed E-state index contributed by atoms with van der Waals surface area (Å²) in [6.45, 7) is 11.6. The van der Waals surface area contributed by atoms with Crippen LogP contribution in [0.2, 0.25) is 19.6 Å². The second-order valence-corrected chi connectivity index (χ2v) is 15.4. The molecule has 1 saturated heterocycles. The molecule has 0 saturated carbocycles. The van der Waals surface area contributed by atoms with Crippen LogP contribution in [0.3, 0.4) is 0 Å². The van der Waals surface area contributed by atoms with Crippen LogP contribution in [0.4, 0.5) is 0 Å². The molecule has 0 amide bonds. The van der Waals surface area contributed by atoms with Crippen LogP contribution in [-0.4, -0.2) is 20.5 Å². The summed E-state index contributed by atoms with van der Waals surface area (Å²) in [6.07, 6.45) is 7.32. The summed E-state index contributed by atoms with van der Waals surface area (Å²) in [6, 6.07) is 21.7. The number of hydrogen-bond acceptors (Lipinski definition) is 2. The van der Waals surface area contributed by atoms with Crippen molar-refractivity contribution in [2.24, 2.45) is 23.7 Å². The van der Waals surface area contributed by atoms with Gasteiger partial charge in [0.15, 0.2) is 0 Å². The second-order valence-electron chi connectivity index (χ2n) is 11.0. The lowest BCUT2D eigenvalue weighted by Gasteiger charge is -2.28. The molecule has 2 nitrogen and oxygen atoms in total. The SMILES string of the molecule is CC(C)[C@H]1C=C(O[Si](C)(C)C)[C@H]2[C@@H]1[C@H](CCc1ccccc1)O[C@@H]2CCc1ccccc1. The van der Waals surface area contributed by atoms with E-state index in [1.54, 1.807) is 0 Å². The summed E-state index contributed by atoms with van der Waals surface area (Å²) in [5.41, 5.74) is 2.81. The molecule has 172 valence electrons. The zero-order valence-corrected chi connectivity index (χ0v) is 21.5. The van der Waals surface area contributed by atoms with Crippen LogP contribution in [0.15, 0.2) is 72.5 Å². The van der Waals surface area contributed by atoms with Crippen molar-refractivity contribution in [2.45, 2.75) is 71.4 Å². The Labute approximate surface area is 196 Å². The van der Waals surface area contributed by atoms with Gasteiger partial charge in [-0.15, -0.1) is 0 Å². The zero-order valence-electron chi connectivity index (χ0n) is 20.5. The van der Waals surface area contributed by atoms with Gasteiger partial charge in [0.25, 0.3) is 0 Å². The van der Waals surface area contributed by atoms with Crippen molar-refractivity contribution < 1.29 is 9.16 Å². The van der Waals surface area contributed by atoms with E-state index in [0.29, 0.717) is 29.8 Å². The van der Waals surface area contributed by atoms with Crippen LogP contribution in [0.1, 0.15) is 37.8 Å². The quantitative estimate of drug-likeness (QED) is 0.375. The van der Waals surface area contributed by atoms with E-state index in [2.05, 4.69) is 100 Å². The standard InChI is InChI=1S/C29H40O2Si/c1-21(2)24-20-27(31-32(3,4)5)29-26(19-17-23-14-10-7-11-15-23)30-25(28(24)29)18-16-22-12-8-6-9-13-22/h6-15,20-21,24-26,28-29H,16-19H2,1-5H3/t24-,25+,26-,28+,29+/m1/s1. The van der Waals surface area contributed by atoms with Crippen LogP contribution in [0.25, 0.3) is 0 Å². The van der Waals surface area contributed by atoms with Crippen molar-refractivity contribution >= 4 is 8.32 Å². The van der Waals surface area contributed by atoms with E-state index in [9.17, 15) is 0 Å². The van der Waals surface area contributed by atoms with Crippen LogP contribution < -0.4 is 0 Å². The minimum atomic E-state index is -1.68. The summed E-state index contributed by atoms with van der Waals surface area (Å²) in [5, 5.41) is 0. The molecule has 5 atom stereocenters. The van der Waals surface area contributed by atoms with E-state index in [1.807, 2.05) is 0 Å². The summed E-state index contributed by atoms with van der Waals surface area (Å²) < 4.78 is 13.6. The molecule has 0 bridgehead atoms. The Hall–Kier alpha value is -1.84. The topological polar surface area (TPSA) is 18.5 Å². The van der Waals surface area contributed by atoms with Crippen LogP contribution in [-0.2, 0) is 22.0 Å². The monoisotopic (exact) mass is 448 g/mol. The number of hydrogen-bond donors (Lipinski definition) is 0. The van der Waals surface area contributed by atoms with Gasteiger partial charge in [-0.3, -0.25) is 0 Å². The fraction of sp³-hybridized carbons (Fsp3) is 0.517. The molecule has 0 radical (unpaired) electrons. The molecule has 32 heavy (non-hydrogen) atoms. The Bertz CT molecular complexity index is 884.